The number of halogens is 1. The number of nitrogens with one attached hydrogen (secondary N) is 1. The van der Waals surface area contributed by atoms with Gasteiger partial charge in [-0.15, -0.1) is 0 Å². The Hall–Kier alpha value is -3.61. The molecule has 0 aliphatic heterocycles. The summed E-state index contributed by atoms with van der Waals surface area (Å²) in [4.78, 5) is 17.4. The van der Waals surface area contributed by atoms with E-state index in [-0.39, 0.29) is 11.7 Å². The first kappa shape index (κ1) is 23.1. The minimum Gasteiger partial charge on any atom is -0.314 e. The summed E-state index contributed by atoms with van der Waals surface area (Å²) in [5, 5.41) is 8.07. The van der Waals surface area contributed by atoms with Crippen LogP contribution in [0.25, 0.3) is 21.8 Å². The summed E-state index contributed by atoms with van der Waals surface area (Å²) in [6.45, 7) is 2.47. The standard InChI is InChI=1S/C28H23ClN4OS/c1-19(22-13-8-11-20-9-2-4-12-23(20)22)31-32-27(34)18-35-28-30-25-15-6-7-16-26(25)33(28)17-21-10-3-5-14-24(21)29/h2-16H,17-18H2,1H3,(H,32,34)/b31-19+. The van der Waals surface area contributed by atoms with Gasteiger partial charge in [0.15, 0.2) is 5.16 Å². The van der Waals surface area contributed by atoms with Crippen LogP contribution < -0.4 is 5.43 Å². The number of fused-ring (bicyclic) bond motifs is 2. The first-order chi connectivity index (χ1) is 17.1. The zero-order valence-electron chi connectivity index (χ0n) is 19.1. The van der Waals surface area contributed by atoms with Crippen LogP contribution in [-0.4, -0.2) is 26.9 Å². The van der Waals surface area contributed by atoms with E-state index in [1.165, 1.54) is 11.8 Å². The van der Waals surface area contributed by atoms with Gasteiger partial charge in [0.2, 0.25) is 0 Å². The lowest BCUT2D eigenvalue weighted by molar-refractivity contribution is -0.118. The number of hydrazone groups is 1. The SMILES string of the molecule is C/C(=N\NC(=O)CSc1nc2ccccc2n1Cc1ccccc1Cl)c1cccc2ccccc12. The number of hydrogen-bond donors (Lipinski definition) is 1. The highest BCUT2D eigenvalue weighted by atomic mass is 35.5. The molecule has 174 valence electrons. The Morgan fingerprint density at radius 1 is 0.971 bits per heavy atom. The summed E-state index contributed by atoms with van der Waals surface area (Å²) in [7, 11) is 0. The van der Waals surface area contributed by atoms with E-state index in [1.54, 1.807) is 0 Å². The number of carbonyl (C=O) groups is 1. The van der Waals surface area contributed by atoms with Crippen LogP contribution in [0.2, 0.25) is 5.02 Å². The van der Waals surface area contributed by atoms with E-state index in [0.717, 1.165) is 43.8 Å². The Labute approximate surface area is 212 Å². The molecule has 0 aliphatic rings. The highest BCUT2D eigenvalue weighted by Crippen LogP contribution is 2.27. The zero-order valence-corrected chi connectivity index (χ0v) is 20.7. The van der Waals surface area contributed by atoms with Crippen molar-refractivity contribution in [3.05, 3.63) is 107 Å². The molecule has 0 radical (unpaired) electrons. The number of carbonyl (C=O) groups excluding carboxylic acids is 1. The van der Waals surface area contributed by atoms with Crippen LogP contribution in [0.3, 0.4) is 0 Å². The van der Waals surface area contributed by atoms with Crippen LogP contribution >= 0.6 is 23.4 Å². The number of benzene rings is 4. The van der Waals surface area contributed by atoms with Gasteiger partial charge < -0.3 is 4.57 Å². The maximum absolute atomic E-state index is 12.7. The summed E-state index contributed by atoms with van der Waals surface area (Å²) in [5.41, 5.74) is 7.33. The molecule has 0 saturated carbocycles. The van der Waals surface area contributed by atoms with E-state index in [2.05, 4.69) is 33.3 Å². The molecule has 1 N–H and O–H groups in total. The van der Waals surface area contributed by atoms with E-state index >= 15 is 0 Å². The van der Waals surface area contributed by atoms with Gasteiger partial charge in [-0.05, 0) is 41.5 Å². The Bertz CT molecular complexity index is 1550. The van der Waals surface area contributed by atoms with Crippen LogP contribution in [0.1, 0.15) is 18.1 Å². The van der Waals surface area contributed by atoms with Crippen molar-refractivity contribution in [3.8, 4) is 0 Å². The van der Waals surface area contributed by atoms with E-state index in [1.807, 2.05) is 79.7 Å². The first-order valence-electron chi connectivity index (χ1n) is 11.2. The molecule has 4 aromatic carbocycles. The van der Waals surface area contributed by atoms with Crippen molar-refractivity contribution in [2.75, 3.05) is 5.75 Å². The predicted octanol–water partition coefficient (Wildman–Crippen LogP) is 6.52. The van der Waals surface area contributed by atoms with Crippen LogP contribution in [0, 0.1) is 0 Å². The van der Waals surface area contributed by atoms with E-state index < -0.39 is 0 Å². The Morgan fingerprint density at radius 2 is 1.71 bits per heavy atom. The van der Waals surface area contributed by atoms with Crippen molar-refractivity contribution in [2.45, 2.75) is 18.6 Å². The van der Waals surface area contributed by atoms with Gasteiger partial charge in [-0.25, -0.2) is 10.4 Å². The third kappa shape index (κ3) is 5.09. The molecule has 35 heavy (non-hydrogen) atoms. The topological polar surface area (TPSA) is 59.3 Å². The molecular formula is C28H23ClN4OS. The highest BCUT2D eigenvalue weighted by Gasteiger charge is 2.14. The molecule has 0 atom stereocenters. The average molecular weight is 499 g/mol. The lowest BCUT2D eigenvalue weighted by Crippen LogP contribution is -2.21. The summed E-state index contributed by atoms with van der Waals surface area (Å²) in [6, 6.07) is 29.9. The van der Waals surface area contributed by atoms with Crippen molar-refractivity contribution < 1.29 is 4.79 Å². The van der Waals surface area contributed by atoms with Gasteiger partial charge in [0.05, 0.1) is 29.0 Å². The van der Waals surface area contributed by atoms with Crippen LogP contribution in [0.5, 0.6) is 0 Å². The molecule has 1 amide bonds. The number of nitrogens with zero attached hydrogens (tertiary/aromatic N) is 3. The number of rotatable bonds is 7. The molecule has 0 spiro atoms. The lowest BCUT2D eigenvalue weighted by atomic mass is 10.0. The van der Waals surface area contributed by atoms with Crippen LogP contribution in [0.15, 0.2) is 101 Å². The van der Waals surface area contributed by atoms with Crippen molar-refractivity contribution in [2.24, 2.45) is 5.10 Å². The van der Waals surface area contributed by atoms with Gasteiger partial charge in [-0.1, -0.05) is 96.2 Å². The summed E-state index contributed by atoms with van der Waals surface area (Å²) in [6.07, 6.45) is 0. The van der Waals surface area contributed by atoms with Crippen LogP contribution in [-0.2, 0) is 11.3 Å². The third-order valence-corrected chi connectivity index (χ3v) is 7.11. The van der Waals surface area contributed by atoms with Gasteiger partial charge in [0.25, 0.3) is 5.91 Å². The van der Waals surface area contributed by atoms with Crippen molar-refractivity contribution >= 4 is 56.8 Å². The molecule has 0 aliphatic carbocycles. The number of imidazole rings is 1. The summed E-state index contributed by atoms with van der Waals surface area (Å²) < 4.78 is 2.10. The van der Waals surface area contributed by atoms with Gasteiger partial charge in [-0.3, -0.25) is 4.79 Å². The second-order valence-electron chi connectivity index (χ2n) is 8.11. The van der Waals surface area contributed by atoms with Crippen molar-refractivity contribution in [3.63, 3.8) is 0 Å². The largest absolute Gasteiger partial charge is 0.314 e. The highest BCUT2D eigenvalue weighted by molar-refractivity contribution is 7.99. The molecule has 0 fully saturated rings. The predicted molar refractivity (Wildman–Crippen MR) is 145 cm³/mol. The van der Waals surface area contributed by atoms with Gasteiger partial charge in [0, 0.05) is 10.6 Å². The molecule has 5 aromatic rings. The molecular weight excluding hydrogens is 476 g/mol. The third-order valence-electron chi connectivity index (χ3n) is 5.77. The molecule has 1 heterocycles. The van der Waals surface area contributed by atoms with E-state index in [9.17, 15) is 4.79 Å². The molecule has 5 nitrogen and oxygen atoms in total. The maximum atomic E-state index is 12.7. The average Bonchev–Trinajstić information content (AvgIpc) is 3.24. The normalized spacial score (nSPS) is 11.8. The number of aromatic nitrogens is 2. The molecule has 7 heteroatoms. The fourth-order valence-corrected chi connectivity index (χ4v) is 5.02. The van der Waals surface area contributed by atoms with Crippen LogP contribution in [0.4, 0.5) is 0 Å². The molecule has 0 unspecified atom stereocenters. The molecule has 0 bridgehead atoms. The summed E-state index contributed by atoms with van der Waals surface area (Å²) in [5.74, 6) is 0.00367. The van der Waals surface area contributed by atoms with E-state index in [4.69, 9.17) is 16.6 Å². The lowest BCUT2D eigenvalue weighted by Gasteiger charge is -2.10. The minimum absolute atomic E-state index is 0.189. The van der Waals surface area contributed by atoms with Gasteiger partial charge in [-0.2, -0.15) is 5.10 Å². The second-order valence-corrected chi connectivity index (χ2v) is 9.46. The summed E-state index contributed by atoms with van der Waals surface area (Å²) >= 11 is 7.79. The first-order valence-corrected chi connectivity index (χ1v) is 12.6. The fourth-order valence-electron chi connectivity index (χ4n) is 4.02. The van der Waals surface area contributed by atoms with Crippen molar-refractivity contribution in [1.29, 1.82) is 0 Å². The molecule has 5 rings (SSSR count). The van der Waals surface area contributed by atoms with Gasteiger partial charge in [0.1, 0.15) is 0 Å². The van der Waals surface area contributed by atoms with Gasteiger partial charge >= 0.3 is 0 Å². The Balaban J connectivity index is 1.32. The number of thioether (sulfide) groups is 1. The number of hydrogen-bond acceptors (Lipinski definition) is 4. The number of para-hydroxylation sites is 2. The van der Waals surface area contributed by atoms with Crippen molar-refractivity contribution in [1.82, 2.24) is 15.0 Å². The molecule has 1 aromatic heterocycles. The minimum atomic E-state index is -0.189. The second kappa shape index (κ2) is 10.3. The smallest absolute Gasteiger partial charge is 0.250 e. The number of amides is 1. The maximum Gasteiger partial charge on any atom is 0.250 e. The van der Waals surface area contributed by atoms with E-state index in [0.29, 0.717) is 11.6 Å². The zero-order chi connectivity index (χ0) is 24.2. The fraction of sp³-hybridized carbons (Fsp3) is 0.107. The quantitative estimate of drug-likeness (QED) is 0.158. The molecule has 0 saturated heterocycles. The Kier molecular flexibility index (Phi) is 6.84. The Morgan fingerprint density at radius 3 is 2.60 bits per heavy atom. The monoisotopic (exact) mass is 498 g/mol.